The third-order valence-corrected chi connectivity index (χ3v) is 16.3. The van der Waals surface area contributed by atoms with Crippen LogP contribution in [-0.4, -0.2) is 130 Å². The van der Waals surface area contributed by atoms with Crippen LogP contribution in [0.15, 0.2) is 83.1 Å². The number of ether oxygens (including phenoxy) is 8. The Kier molecular flexibility index (Phi) is 20.3. The number of carbonyl (C=O) groups is 2. The summed E-state index contributed by atoms with van der Waals surface area (Å²) in [7, 11) is 6.24. The summed E-state index contributed by atoms with van der Waals surface area (Å²) in [5.74, 6) is 2.49. The fourth-order valence-electron chi connectivity index (χ4n) is 9.79. The normalized spacial score (nSPS) is 17.2. The molecule has 0 amide bonds. The minimum atomic E-state index is -0.899. The summed E-state index contributed by atoms with van der Waals surface area (Å²) < 4.78 is 76.6. The van der Waals surface area contributed by atoms with Gasteiger partial charge in [-0.15, -0.1) is 40.8 Å². The number of hydrogen-bond acceptors (Lipinski definition) is 23. The topological polar surface area (TPSA) is 253 Å². The van der Waals surface area contributed by atoms with E-state index in [4.69, 9.17) is 61.1 Å². The molecule has 4 atom stereocenters. The molecule has 0 saturated carbocycles. The molecule has 24 nitrogen and oxygen atoms in total. The zero-order valence-corrected chi connectivity index (χ0v) is 51.8. The predicted molar refractivity (Wildman–Crippen MR) is 315 cm³/mol. The number of benzene rings is 4. The molecule has 0 fully saturated rings. The second kappa shape index (κ2) is 27.6. The van der Waals surface area contributed by atoms with E-state index in [2.05, 4.69) is 51.9 Å². The van der Waals surface area contributed by atoms with E-state index in [1.165, 1.54) is 16.6 Å². The first kappa shape index (κ1) is 63.2. The molecule has 6 heterocycles. The zero-order valence-electron chi connectivity index (χ0n) is 48.7. The number of amidine groups is 1. The average Bonchev–Trinajstić information content (AvgIpc) is 1.77. The number of esters is 2. The van der Waals surface area contributed by atoms with E-state index in [1.54, 1.807) is 133 Å². The predicted octanol–water partition coefficient (Wildman–Crippen LogP) is 9.71. The fourth-order valence-corrected chi connectivity index (χ4v) is 11.8. The summed E-state index contributed by atoms with van der Waals surface area (Å²) in [4.78, 5) is 26.1. The first-order chi connectivity index (χ1) is 41.4. The lowest BCUT2D eigenvalue weighted by atomic mass is 9.98. The van der Waals surface area contributed by atoms with Crippen LogP contribution in [0.1, 0.15) is 124 Å². The van der Waals surface area contributed by atoms with Crippen molar-refractivity contribution < 1.29 is 56.3 Å². The van der Waals surface area contributed by atoms with Crippen molar-refractivity contribution in [2.75, 3.05) is 48.2 Å². The number of hydrogen-bond donors (Lipinski definition) is 2. The van der Waals surface area contributed by atoms with Crippen LogP contribution in [0.25, 0.3) is 11.4 Å². The van der Waals surface area contributed by atoms with Crippen molar-refractivity contribution in [2.24, 2.45) is 5.10 Å². The van der Waals surface area contributed by atoms with Crippen molar-refractivity contribution in [3.05, 3.63) is 128 Å². The summed E-state index contributed by atoms with van der Waals surface area (Å²) in [6.07, 6.45) is -1.97. The lowest BCUT2D eigenvalue weighted by Crippen LogP contribution is -2.43. The number of tetrazole rings is 1. The summed E-state index contributed by atoms with van der Waals surface area (Å²) in [5.41, 5.74) is 10.1. The highest BCUT2D eigenvalue weighted by molar-refractivity contribution is 8.15. The quantitative estimate of drug-likeness (QED) is 0.0501. The van der Waals surface area contributed by atoms with Crippen molar-refractivity contribution in [1.82, 2.24) is 65.8 Å². The van der Waals surface area contributed by atoms with Gasteiger partial charge in [-0.1, -0.05) is 71.0 Å². The van der Waals surface area contributed by atoms with Gasteiger partial charge in [0.05, 0.1) is 59.6 Å². The van der Waals surface area contributed by atoms with Gasteiger partial charge in [-0.05, 0) is 102 Å². The fraction of sp³-hybridized carbons (Fsp3) is 0.429. The Labute approximate surface area is 512 Å². The number of aryl methyl sites for hydroxylation is 1. The van der Waals surface area contributed by atoms with Crippen LogP contribution in [0.5, 0.6) is 23.0 Å². The molecular formula is C56H64Cl2F2N14O10S2. The van der Waals surface area contributed by atoms with Crippen molar-refractivity contribution in [3.8, 4) is 34.4 Å². The summed E-state index contributed by atoms with van der Waals surface area (Å²) in [6.45, 7) is 10.1. The Balaban J connectivity index is 0.000000205. The van der Waals surface area contributed by atoms with Crippen LogP contribution < -0.4 is 29.9 Å². The molecular weight excluding hydrogens is 1200 g/mol. The van der Waals surface area contributed by atoms with Crippen molar-refractivity contribution in [1.29, 1.82) is 0 Å². The molecule has 458 valence electrons. The van der Waals surface area contributed by atoms with Crippen LogP contribution in [0.3, 0.4) is 0 Å². The number of methoxy groups -OCH3 is 4. The number of aromatic nitrogens is 10. The van der Waals surface area contributed by atoms with Gasteiger partial charge in [-0.3, -0.25) is 24.1 Å². The minimum absolute atomic E-state index is 0.129. The van der Waals surface area contributed by atoms with E-state index in [0.717, 1.165) is 11.8 Å². The van der Waals surface area contributed by atoms with Gasteiger partial charge < -0.3 is 37.9 Å². The first-order valence-corrected chi connectivity index (χ1v) is 29.5. The van der Waals surface area contributed by atoms with Gasteiger partial charge in [0, 0.05) is 45.3 Å². The molecule has 7 aromatic rings. The maximum absolute atomic E-state index is 14.2. The summed E-state index contributed by atoms with van der Waals surface area (Å²) >= 11 is 15.3. The molecule has 0 unspecified atom stereocenters. The van der Waals surface area contributed by atoms with Crippen LogP contribution in [0.2, 0.25) is 10.0 Å². The second-order valence-corrected chi connectivity index (χ2v) is 24.2. The van der Waals surface area contributed by atoms with Crippen LogP contribution in [-0.2, 0) is 48.4 Å². The van der Waals surface area contributed by atoms with E-state index >= 15 is 0 Å². The van der Waals surface area contributed by atoms with Gasteiger partial charge >= 0.3 is 11.9 Å². The smallest absolute Gasteiger partial charge is 0.322 e. The number of para-hydroxylation sites is 2. The lowest BCUT2D eigenvalue weighted by molar-refractivity contribution is -0.145. The van der Waals surface area contributed by atoms with Gasteiger partial charge in [0.15, 0.2) is 51.5 Å². The summed E-state index contributed by atoms with van der Waals surface area (Å²) in [6, 6.07) is 21.7. The monoisotopic (exact) mass is 1260 g/mol. The van der Waals surface area contributed by atoms with Gasteiger partial charge in [-0.2, -0.15) is 4.80 Å². The number of alkyl halides is 2. The number of hydrazone groups is 1. The van der Waals surface area contributed by atoms with Crippen molar-refractivity contribution in [3.63, 3.8) is 0 Å². The molecule has 3 aliphatic heterocycles. The number of thioether (sulfide) groups is 2. The SMILES string of the molecule is CCOC(=O)C(C)(C)SC1=NNN(CC[C@H]2O[C@H](c3cccc(OC)c3OC)c3cc(Cl)ccc3-n3c(CF)nnc32)N1.CCOC(=O)C(C)(C)Sc1nnn(CC[C@H]2O[C@H](c3cccc(OC)c3OC)c3cc(Cl)ccc3-n3c(CF)nnc32)n1. The molecule has 0 aliphatic carbocycles. The van der Waals surface area contributed by atoms with Crippen molar-refractivity contribution >= 4 is 63.8 Å². The minimum Gasteiger partial charge on any atom is -0.493 e. The van der Waals surface area contributed by atoms with Crippen LogP contribution >= 0.6 is 46.7 Å². The number of hydrazine groups is 2. The molecule has 0 bridgehead atoms. The molecule has 0 spiro atoms. The molecule has 0 radical (unpaired) electrons. The van der Waals surface area contributed by atoms with Gasteiger partial charge in [0.25, 0.3) is 0 Å². The molecule has 30 heteroatoms. The lowest BCUT2D eigenvalue weighted by Gasteiger charge is -2.26. The van der Waals surface area contributed by atoms with E-state index < -0.39 is 47.3 Å². The largest absolute Gasteiger partial charge is 0.493 e. The molecule has 0 saturated heterocycles. The van der Waals surface area contributed by atoms with Gasteiger partial charge in [-0.25, -0.2) is 14.3 Å². The zero-order chi connectivity index (χ0) is 61.5. The Bertz CT molecular complexity index is 3590. The van der Waals surface area contributed by atoms with Crippen molar-refractivity contribution in [2.45, 2.75) is 113 Å². The van der Waals surface area contributed by atoms with Gasteiger partial charge in [0.1, 0.15) is 47.3 Å². The van der Waals surface area contributed by atoms with E-state index in [1.807, 2.05) is 24.3 Å². The molecule has 2 N–H and O–H groups in total. The van der Waals surface area contributed by atoms with E-state index in [0.29, 0.717) is 115 Å². The number of rotatable bonds is 21. The first-order valence-electron chi connectivity index (χ1n) is 27.1. The molecule has 86 heavy (non-hydrogen) atoms. The highest BCUT2D eigenvalue weighted by Crippen LogP contribution is 2.49. The van der Waals surface area contributed by atoms with Gasteiger partial charge in [0.2, 0.25) is 5.16 Å². The number of fused-ring (bicyclic) bond motifs is 6. The maximum Gasteiger partial charge on any atom is 0.322 e. The second-order valence-electron chi connectivity index (χ2n) is 20.2. The van der Waals surface area contributed by atoms with E-state index in [-0.39, 0.29) is 36.7 Å². The van der Waals surface area contributed by atoms with E-state index in [9.17, 15) is 18.4 Å². The van der Waals surface area contributed by atoms with Crippen LogP contribution in [0, 0.1) is 0 Å². The Hall–Kier alpha value is -7.34. The number of nitrogens with zero attached hydrogens (tertiary/aromatic N) is 12. The van der Waals surface area contributed by atoms with Crippen LogP contribution in [0.4, 0.5) is 8.78 Å². The molecule has 3 aliphatic rings. The number of halogens is 4. The Morgan fingerprint density at radius 3 is 1.59 bits per heavy atom. The molecule has 4 aromatic carbocycles. The number of nitrogens with one attached hydrogen (secondary N) is 2. The Morgan fingerprint density at radius 1 is 0.640 bits per heavy atom. The molecule has 3 aromatic heterocycles. The highest BCUT2D eigenvalue weighted by Gasteiger charge is 2.40. The Morgan fingerprint density at radius 2 is 1.13 bits per heavy atom. The molecule has 10 rings (SSSR count). The third-order valence-electron chi connectivity index (χ3n) is 13.8. The third kappa shape index (κ3) is 13.4. The highest BCUT2D eigenvalue weighted by atomic mass is 35.5. The maximum atomic E-state index is 14.2. The average molecular weight is 1270 g/mol. The standard InChI is InChI=1S/C28H33ClFN7O5S.C28H31ClFN7O5S/c2*1-6-41-26(38)28(2,3)43-27-33-35-36(34-27)13-12-21-25-32-31-22(15-30)37(25)19-11-10-16(29)14-18(19)23(42-21)17-8-7-9-20(39-4)24(17)40-5/h7-11,14,21,23,35H,6,12-13,15H2,1-5H3,(H,33,34);7-11,14,21,23H,6,12-13,15H2,1-5H3/t2*21-,23-/m11/s1. The number of carbonyl (C=O) groups excluding carboxylic acids is 2. The summed E-state index contributed by atoms with van der Waals surface area (Å²) in [5, 5.41) is 37.4.